The van der Waals surface area contributed by atoms with Crippen molar-refractivity contribution in [2.75, 3.05) is 6.54 Å². The monoisotopic (exact) mass is 275 g/mol. The van der Waals surface area contributed by atoms with Gasteiger partial charge in [-0.25, -0.2) is 0 Å². The van der Waals surface area contributed by atoms with E-state index >= 15 is 0 Å². The van der Waals surface area contributed by atoms with Crippen molar-refractivity contribution in [1.29, 1.82) is 0 Å². The van der Waals surface area contributed by atoms with Crippen molar-refractivity contribution < 1.29 is 14.7 Å². The Bertz CT molecular complexity index is 520. The fourth-order valence-electron chi connectivity index (χ4n) is 1.84. The summed E-state index contributed by atoms with van der Waals surface area (Å²) in [7, 11) is 0. The van der Waals surface area contributed by atoms with Crippen LogP contribution in [0.1, 0.15) is 25.0 Å². The molecule has 4 nitrogen and oxygen atoms in total. The Morgan fingerprint density at radius 1 is 1.35 bits per heavy atom. The summed E-state index contributed by atoms with van der Waals surface area (Å²) in [5, 5.41) is 11.9. The maximum Gasteiger partial charge on any atom is 0.308 e. The zero-order chi connectivity index (χ0) is 15.1. The molecule has 0 heterocycles. The lowest BCUT2D eigenvalue weighted by atomic mass is 9.96. The summed E-state index contributed by atoms with van der Waals surface area (Å²) in [5.41, 5.74) is 2.65. The first-order chi connectivity index (χ1) is 9.45. The fraction of sp³-hybridized carbons (Fsp3) is 0.375. The summed E-state index contributed by atoms with van der Waals surface area (Å²) in [6.07, 6.45) is 2.11. The van der Waals surface area contributed by atoms with E-state index in [-0.39, 0.29) is 12.5 Å². The van der Waals surface area contributed by atoms with Crippen LogP contribution in [-0.2, 0) is 16.0 Å². The van der Waals surface area contributed by atoms with Crippen LogP contribution in [0.25, 0.3) is 0 Å². The van der Waals surface area contributed by atoms with Crippen LogP contribution in [-0.4, -0.2) is 23.5 Å². The molecule has 108 valence electrons. The lowest BCUT2D eigenvalue weighted by Gasteiger charge is -2.15. The third-order valence-electron chi connectivity index (χ3n) is 3.38. The number of carbonyl (C=O) groups is 2. The molecule has 0 radical (unpaired) electrons. The SMILES string of the molecule is CC=C(C)C(=O)NCC(Cc1ccccc1C)C(=O)O. The molecule has 4 heteroatoms. The van der Waals surface area contributed by atoms with Gasteiger partial charge >= 0.3 is 5.97 Å². The third kappa shape index (κ3) is 4.53. The minimum Gasteiger partial charge on any atom is -0.481 e. The lowest BCUT2D eigenvalue weighted by molar-refractivity contribution is -0.141. The molecule has 1 rings (SSSR count). The van der Waals surface area contributed by atoms with Crippen LogP contribution in [0.2, 0.25) is 0 Å². The van der Waals surface area contributed by atoms with Gasteiger partial charge in [-0.3, -0.25) is 9.59 Å². The average Bonchev–Trinajstić information content (AvgIpc) is 2.43. The van der Waals surface area contributed by atoms with Gasteiger partial charge in [0.1, 0.15) is 0 Å². The van der Waals surface area contributed by atoms with Crippen molar-refractivity contribution in [2.24, 2.45) is 5.92 Å². The maximum absolute atomic E-state index is 11.6. The molecule has 1 atom stereocenters. The lowest BCUT2D eigenvalue weighted by Crippen LogP contribution is -2.34. The summed E-state index contributed by atoms with van der Waals surface area (Å²) in [6.45, 7) is 5.56. The van der Waals surface area contributed by atoms with Crippen molar-refractivity contribution in [2.45, 2.75) is 27.2 Å². The van der Waals surface area contributed by atoms with Gasteiger partial charge in [0, 0.05) is 12.1 Å². The largest absolute Gasteiger partial charge is 0.481 e. The Morgan fingerprint density at radius 3 is 2.55 bits per heavy atom. The van der Waals surface area contributed by atoms with E-state index < -0.39 is 11.9 Å². The summed E-state index contributed by atoms with van der Waals surface area (Å²) in [4.78, 5) is 22.9. The van der Waals surface area contributed by atoms with Gasteiger partial charge < -0.3 is 10.4 Å². The molecular weight excluding hydrogens is 254 g/mol. The first-order valence-electron chi connectivity index (χ1n) is 6.64. The van der Waals surface area contributed by atoms with Crippen molar-refractivity contribution >= 4 is 11.9 Å². The van der Waals surface area contributed by atoms with Crippen LogP contribution >= 0.6 is 0 Å². The van der Waals surface area contributed by atoms with Gasteiger partial charge in [0.25, 0.3) is 0 Å². The molecule has 1 aromatic carbocycles. The predicted molar refractivity (Wildman–Crippen MR) is 78.4 cm³/mol. The fourth-order valence-corrected chi connectivity index (χ4v) is 1.84. The van der Waals surface area contributed by atoms with Crippen molar-refractivity contribution in [3.05, 3.63) is 47.0 Å². The summed E-state index contributed by atoms with van der Waals surface area (Å²) >= 11 is 0. The zero-order valence-corrected chi connectivity index (χ0v) is 12.1. The second kappa shape index (κ2) is 7.48. The highest BCUT2D eigenvalue weighted by Gasteiger charge is 2.19. The Morgan fingerprint density at radius 2 is 2.00 bits per heavy atom. The number of hydrogen-bond acceptors (Lipinski definition) is 2. The number of carboxylic acid groups (broad SMARTS) is 1. The Labute approximate surface area is 119 Å². The number of amides is 1. The number of benzene rings is 1. The molecular formula is C16H21NO3. The van der Waals surface area contributed by atoms with Gasteiger partial charge in [0.05, 0.1) is 5.92 Å². The first kappa shape index (κ1) is 16.0. The first-order valence-corrected chi connectivity index (χ1v) is 6.64. The molecule has 20 heavy (non-hydrogen) atoms. The second-order valence-electron chi connectivity index (χ2n) is 4.85. The van der Waals surface area contributed by atoms with Gasteiger partial charge in [-0.05, 0) is 38.3 Å². The molecule has 0 saturated heterocycles. The van der Waals surface area contributed by atoms with Gasteiger partial charge in [-0.2, -0.15) is 0 Å². The van der Waals surface area contributed by atoms with E-state index in [9.17, 15) is 14.7 Å². The zero-order valence-electron chi connectivity index (χ0n) is 12.1. The molecule has 0 aliphatic rings. The molecule has 1 aromatic rings. The number of aliphatic carboxylic acids is 1. The van der Waals surface area contributed by atoms with Crippen LogP contribution in [0.4, 0.5) is 0 Å². The maximum atomic E-state index is 11.6. The number of carboxylic acids is 1. The second-order valence-corrected chi connectivity index (χ2v) is 4.85. The van der Waals surface area contributed by atoms with Crippen LogP contribution < -0.4 is 5.32 Å². The van der Waals surface area contributed by atoms with Crippen LogP contribution in [0.15, 0.2) is 35.9 Å². The Balaban J connectivity index is 2.69. The van der Waals surface area contributed by atoms with Crippen molar-refractivity contribution in [3.63, 3.8) is 0 Å². The molecule has 0 aromatic heterocycles. The van der Waals surface area contributed by atoms with Gasteiger partial charge in [-0.15, -0.1) is 0 Å². The smallest absolute Gasteiger partial charge is 0.308 e. The molecule has 0 aliphatic carbocycles. The minimum absolute atomic E-state index is 0.133. The van der Waals surface area contributed by atoms with E-state index in [1.54, 1.807) is 19.9 Å². The number of hydrogen-bond donors (Lipinski definition) is 2. The van der Waals surface area contributed by atoms with Crippen LogP contribution in [0.5, 0.6) is 0 Å². The molecule has 0 saturated carbocycles. The highest BCUT2D eigenvalue weighted by molar-refractivity contribution is 5.92. The average molecular weight is 275 g/mol. The van der Waals surface area contributed by atoms with E-state index in [2.05, 4.69) is 5.32 Å². The quantitative estimate of drug-likeness (QED) is 0.783. The highest BCUT2D eigenvalue weighted by atomic mass is 16.4. The standard InChI is InChI=1S/C16H21NO3/c1-4-11(2)15(18)17-10-14(16(19)20)9-13-8-6-5-7-12(13)3/h4-8,14H,9-10H2,1-3H3,(H,17,18)(H,19,20). The molecule has 1 amide bonds. The highest BCUT2D eigenvalue weighted by Crippen LogP contribution is 2.13. The van der Waals surface area contributed by atoms with E-state index in [0.29, 0.717) is 12.0 Å². The van der Waals surface area contributed by atoms with Gasteiger partial charge in [0.15, 0.2) is 0 Å². The Hall–Kier alpha value is -2.10. The molecule has 0 fully saturated rings. The van der Waals surface area contributed by atoms with Crippen LogP contribution in [0.3, 0.4) is 0 Å². The molecule has 0 bridgehead atoms. The number of carbonyl (C=O) groups excluding carboxylic acids is 1. The number of allylic oxidation sites excluding steroid dienone is 1. The normalized spacial score (nSPS) is 12.8. The van der Waals surface area contributed by atoms with E-state index in [1.165, 1.54) is 0 Å². The number of aryl methyl sites for hydroxylation is 1. The Kier molecular flexibility index (Phi) is 5.97. The topological polar surface area (TPSA) is 66.4 Å². The van der Waals surface area contributed by atoms with Crippen molar-refractivity contribution in [1.82, 2.24) is 5.32 Å². The summed E-state index contributed by atoms with van der Waals surface area (Å²) < 4.78 is 0. The molecule has 0 spiro atoms. The van der Waals surface area contributed by atoms with E-state index in [0.717, 1.165) is 11.1 Å². The summed E-state index contributed by atoms with van der Waals surface area (Å²) in [5.74, 6) is -1.74. The number of nitrogens with one attached hydrogen (secondary N) is 1. The predicted octanol–water partition coefficient (Wildman–Crippen LogP) is 2.32. The van der Waals surface area contributed by atoms with E-state index in [4.69, 9.17) is 0 Å². The van der Waals surface area contributed by atoms with E-state index in [1.807, 2.05) is 31.2 Å². The molecule has 0 aliphatic heterocycles. The molecule has 1 unspecified atom stereocenters. The number of rotatable bonds is 6. The van der Waals surface area contributed by atoms with Gasteiger partial charge in [-0.1, -0.05) is 30.3 Å². The minimum atomic E-state index is -0.897. The van der Waals surface area contributed by atoms with Crippen LogP contribution in [0, 0.1) is 12.8 Å². The van der Waals surface area contributed by atoms with Gasteiger partial charge in [0.2, 0.25) is 5.91 Å². The van der Waals surface area contributed by atoms with Crippen molar-refractivity contribution in [3.8, 4) is 0 Å². The molecule has 2 N–H and O–H groups in total. The third-order valence-corrected chi connectivity index (χ3v) is 3.38. The summed E-state index contributed by atoms with van der Waals surface area (Å²) in [6, 6.07) is 7.69.